The van der Waals surface area contributed by atoms with Gasteiger partial charge in [0, 0.05) is 19.1 Å². The molecular formula is C21H24N2O3. The number of hydrogen-bond donors (Lipinski definition) is 1. The van der Waals surface area contributed by atoms with E-state index in [4.69, 9.17) is 4.74 Å². The highest BCUT2D eigenvalue weighted by atomic mass is 16.5. The van der Waals surface area contributed by atoms with E-state index in [1.807, 2.05) is 42.5 Å². The molecule has 1 unspecified atom stereocenters. The third-order valence-electron chi connectivity index (χ3n) is 5.15. The first kappa shape index (κ1) is 16.9. The van der Waals surface area contributed by atoms with Gasteiger partial charge in [-0.25, -0.2) is 0 Å². The quantitative estimate of drug-likeness (QED) is 0.900. The molecule has 4 rings (SSSR count). The zero-order chi connectivity index (χ0) is 17.9. The van der Waals surface area contributed by atoms with Crippen LogP contribution in [0.4, 0.5) is 0 Å². The third-order valence-corrected chi connectivity index (χ3v) is 5.15. The number of likely N-dealkylation sites (tertiary alicyclic amines) is 1. The molecule has 136 valence electrons. The number of amides is 2. The Hall–Kier alpha value is -2.56. The summed E-state index contributed by atoms with van der Waals surface area (Å²) in [5, 5.41) is 5.28. The zero-order valence-electron chi connectivity index (χ0n) is 14.8. The largest absolute Gasteiger partial charge is 0.484 e. The molecule has 2 aliphatic rings. The van der Waals surface area contributed by atoms with E-state index < -0.39 is 0 Å². The fourth-order valence-corrected chi connectivity index (χ4v) is 3.46. The summed E-state index contributed by atoms with van der Waals surface area (Å²) in [5.41, 5.74) is 0. The predicted octanol–water partition coefficient (Wildman–Crippen LogP) is 2.74. The molecule has 2 aromatic carbocycles. The number of benzene rings is 2. The Kier molecular flexibility index (Phi) is 4.78. The molecule has 2 fully saturated rings. The lowest BCUT2D eigenvalue weighted by atomic mass is 9.97. The van der Waals surface area contributed by atoms with Crippen molar-refractivity contribution in [3.05, 3.63) is 42.5 Å². The summed E-state index contributed by atoms with van der Waals surface area (Å²) in [6.45, 7) is 1.21. The molecule has 5 nitrogen and oxygen atoms in total. The van der Waals surface area contributed by atoms with Crippen molar-refractivity contribution < 1.29 is 14.3 Å². The van der Waals surface area contributed by atoms with Crippen LogP contribution in [0.3, 0.4) is 0 Å². The molecule has 1 saturated carbocycles. The SMILES string of the molecule is O=C(NC1CC1)C1CCCN(C(=O)COc2ccc3ccccc3c2)C1. The van der Waals surface area contributed by atoms with E-state index in [9.17, 15) is 9.59 Å². The van der Waals surface area contributed by atoms with Gasteiger partial charge in [-0.1, -0.05) is 30.3 Å². The molecule has 0 spiro atoms. The van der Waals surface area contributed by atoms with Crippen molar-refractivity contribution in [2.24, 2.45) is 5.92 Å². The lowest BCUT2D eigenvalue weighted by molar-refractivity contribution is -0.137. The Labute approximate surface area is 153 Å². The van der Waals surface area contributed by atoms with E-state index in [-0.39, 0.29) is 24.3 Å². The van der Waals surface area contributed by atoms with Crippen LogP contribution >= 0.6 is 0 Å². The van der Waals surface area contributed by atoms with Crippen LogP contribution in [0.2, 0.25) is 0 Å². The number of ether oxygens (including phenoxy) is 1. The second-order valence-corrected chi connectivity index (χ2v) is 7.26. The van der Waals surface area contributed by atoms with E-state index in [0.717, 1.165) is 36.5 Å². The molecule has 2 aromatic rings. The van der Waals surface area contributed by atoms with Gasteiger partial charge in [0.05, 0.1) is 5.92 Å². The van der Waals surface area contributed by atoms with Crippen LogP contribution in [0.25, 0.3) is 10.8 Å². The minimum atomic E-state index is -0.0889. The number of hydrogen-bond acceptors (Lipinski definition) is 3. The summed E-state index contributed by atoms with van der Waals surface area (Å²) >= 11 is 0. The smallest absolute Gasteiger partial charge is 0.260 e. The van der Waals surface area contributed by atoms with Crippen LogP contribution < -0.4 is 10.1 Å². The van der Waals surface area contributed by atoms with Crippen molar-refractivity contribution >= 4 is 22.6 Å². The highest BCUT2D eigenvalue weighted by Gasteiger charge is 2.31. The second kappa shape index (κ2) is 7.36. The molecular weight excluding hydrogens is 328 g/mol. The van der Waals surface area contributed by atoms with Gasteiger partial charge in [0.1, 0.15) is 5.75 Å². The number of fused-ring (bicyclic) bond motifs is 1. The Morgan fingerprint density at radius 2 is 1.88 bits per heavy atom. The first-order valence-corrected chi connectivity index (χ1v) is 9.39. The maximum absolute atomic E-state index is 12.5. The third kappa shape index (κ3) is 3.98. The van der Waals surface area contributed by atoms with Gasteiger partial charge in [-0.05, 0) is 48.6 Å². The fourth-order valence-electron chi connectivity index (χ4n) is 3.46. The van der Waals surface area contributed by atoms with E-state index in [1.165, 1.54) is 0 Å². The highest BCUT2D eigenvalue weighted by molar-refractivity contribution is 5.84. The molecule has 1 aliphatic carbocycles. The average molecular weight is 352 g/mol. The van der Waals surface area contributed by atoms with Gasteiger partial charge in [-0.2, -0.15) is 0 Å². The van der Waals surface area contributed by atoms with Crippen LogP contribution in [0.15, 0.2) is 42.5 Å². The van der Waals surface area contributed by atoms with E-state index >= 15 is 0 Å². The molecule has 1 saturated heterocycles. The zero-order valence-corrected chi connectivity index (χ0v) is 14.8. The van der Waals surface area contributed by atoms with Gasteiger partial charge in [-0.15, -0.1) is 0 Å². The average Bonchev–Trinajstić information content (AvgIpc) is 3.50. The van der Waals surface area contributed by atoms with Crippen LogP contribution in [0, 0.1) is 5.92 Å². The number of nitrogens with one attached hydrogen (secondary N) is 1. The summed E-state index contributed by atoms with van der Waals surface area (Å²) in [6, 6.07) is 14.3. The van der Waals surface area contributed by atoms with Crippen LogP contribution in [0.5, 0.6) is 5.75 Å². The summed E-state index contributed by atoms with van der Waals surface area (Å²) in [4.78, 5) is 26.5. The minimum Gasteiger partial charge on any atom is -0.484 e. The number of carbonyl (C=O) groups excluding carboxylic acids is 2. The highest BCUT2D eigenvalue weighted by Crippen LogP contribution is 2.23. The number of rotatable bonds is 5. The second-order valence-electron chi connectivity index (χ2n) is 7.26. The van der Waals surface area contributed by atoms with Crippen LogP contribution in [-0.4, -0.2) is 42.5 Å². The van der Waals surface area contributed by atoms with E-state index in [2.05, 4.69) is 5.32 Å². The molecule has 26 heavy (non-hydrogen) atoms. The van der Waals surface area contributed by atoms with Crippen molar-refractivity contribution in [3.8, 4) is 5.75 Å². The van der Waals surface area contributed by atoms with Crippen molar-refractivity contribution in [1.29, 1.82) is 0 Å². The van der Waals surface area contributed by atoms with Gasteiger partial charge in [-0.3, -0.25) is 9.59 Å². The molecule has 5 heteroatoms. The normalized spacial score (nSPS) is 20.0. The number of carbonyl (C=O) groups is 2. The summed E-state index contributed by atoms with van der Waals surface area (Å²) in [7, 11) is 0. The van der Waals surface area contributed by atoms with Gasteiger partial charge in [0.2, 0.25) is 5.91 Å². The molecule has 2 amide bonds. The van der Waals surface area contributed by atoms with E-state index in [0.29, 0.717) is 24.9 Å². The van der Waals surface area contributed by atoms with Gasteiger partial charge >= 0.3 is 0 Å². The lowest BCUT2D eigenvalue weighted by Gasteiger charge is -2.32. The fraction of sp³-hybridized carbons (Fsp3) is 0.429. The Balaban J connectivity index is 1.32. The minimum absolute atomic E-state index is 0.00923. The molecule has 1 N–H and O–H groups in total. The maximum atomic E-state index is 12.5. The molecule has 1 atom stereocenters. The Morgan fingerprint density at radius 3 is 2.69 bits per heavy atom. The van der Waals surface area contributed by atoms with Crippen molar-refractivity contribution in [2.45, 2.75) is 31.7 Å². The lowest BCUT2D eigenvalue weighted by Crippen LogP contribution is -2.47. The molecule has 1 aliphatic heterocycles. The summed E-state index contributed by atoms with van der Waals surface area (Å²) in [6.07, 6.45) is 3.89. The Morgan fingerprint density at radius 1 is 1.08 bits per heavy atom. The number of nitrogens with zero attached hydrogens (tertiary/aromatic N) is 1. The van der Waals surface area contributed by atoms with Gasteiger partial charge in [0.25, 0.3) is 5.91 Å². The molecule has 0 radical (unpaired) electrons. The first-order chi connectivity index (χ1) is 12.7. The Bertz CT molecular complexity index is 816. The van der Waals surface area contributed by atoms with Crippen molar-refractivity contribution in [3.63, 3.8) is 0 Å². The molecule has 0 aromatic heterocycles. The van der Waals surface area contributed by atoms with Crippen LogP contribution in [-0.2, 0) is 9.59 Å². The molecule has 1 heterocycles. The van der Waals surface area contributed by atoms with Gasteiger partial charge in [0.15, 0.2) is 6.61 Å². The van der Waals surface area contributed by atoms with Crippen LogP contribution in [0.1, 0.15) is 25.7 Å². The van der Waals surface area contributed by atoms with Crippen molar-refractivity contribution in [2.75, 3.05) is 19.7 Å². The topological polar surface area (TPSA) is 58.6 Å². The van der Waals surface area contributed by atoms with Gasteiger partial charge < -0.3 is 15.0 Å². The summed E-state index contributed by atoms with van der Waals surface area (Å²) in [5.74, 6) is 0.647. The molecule has 0 bridgehead atoms. The first-order valence-electron chi connectivity index (χ1n) is 9.39. The maximum Gasteiger partial charge on any atom is 0.260 e. The predicted molar refractivity (Wildman–Crippen MR) is 99.9 cm³/mol. The number of piperidine rings is 1. The monoisotopic (exact) mass is 352 g/mol. The van der Waals surface area contributed by atoms with E-state index in [1.54, 1.807) is 4.90 Å². The summed E-state index contributed by atoms with van der Waals surface area (Å²) < 4.78 is 5.71. The standard InChI is InChI=1S/C21H24N2O3/c24-20(14-26-19-10-7-15-4-1-2-5-16(15)12-19)23-11-3-6-17(13-23)21(25)22-18-8-9-18/h1-2,4-5,7,10,12,17-18H,3,6,8-9,11,13-14H2,(H,22,25). The van der Waals surface area contributed by atoms with Crippen molar-refractivity contribution in [1.82, 2.24) is 10.2 Å².